The molecular formula is C26H22ClN3O4S. The predicted molar refractivity (Wildman–Crippen MR) is 136 cm³/mol. The summed E-state index contributed by atoms with van der Waals surface area (Å²) in [6, 6.07) is 20.3. The SMILES string of the molecule is CC(Sc1nc2cc(Cl)ccc2c(=O)n1Cc1ccccc1)C(=O)NCc1ccc2c(c1)OCO2. The summed E-state index contributed by atoms with van der Waals surface area (Å²) in [6.07, 6.45) is 0. The van der Waals surface area contributed by atoms with E-state index in [-0.39, 0.29) is 18.3 Å². The molecule has 0 bridgehead atoms. The fourth-order valence-corrected chi connectivity index (χ4v) is 4.86. The van der Waals surface area contributed by atoms with Crippen LogP contribution in [0.5, 0.6) is 11.5 Å². The van der Waals surface area contributed by atoms with Crippen LogP contribution in [0.3, 0.4) is 0 Å². The van der Waals surface area contributed by atoms with Gasteiger partial charge < -0.3 is 14.8 Å². The zero-order chi connectivity index (χ0) is 24.4. The van der Waals surface area contributed by atoms with Crippen molar-refractivity contribution < 1.29 is 14.3 Å². The van der Waals surface area contributed by atoms with Gasteiger partial charge in [-0.25, -0.2) is 4.98 Å². The van der Waals surface area contributed by atoms with Crippen molar-refractivity contribution in [1.82, 2.24) is 14.9 Å². The molecule has 0 radical (unpaired) electrons. The van der Waals surface area contributed by atoms with Gasteiger partial charge >= 0.3 is 0 Å². The van der Waals surface area contributed by atoms with Gasteiger partial charge in [0.05, 0.1) is 22.7 Å². The molecular weight excluding hydrogens is 486 g/mol. The Kier molecular flexibility index (Phi) is 6.66. The van der Waals surface area contributed by atoms with Crippen molar-refractivity contribution in [3.05, 3.63) is 93.2 Å². The molecule has 1 unspecified atom stereocenters. The number of nitrogens with zero attached hydrogens (tertiary/aromatic N) is 2. The fraction of sp³-hybridized carbons (Fsp3) is 0.192. The average molecular weight is 508 g/mol. The lowest BCUT2D eigenvalue weighted by Crippen LogP contribution is -2.31. The molecule has 0 fully saturated rings. The van der Waals surface area contributed by atoms with Gasteiger partial charge in [-0.3, -0.25) is 14.2 Å². The molecule has 1 aliphatic rings. The number of carbonyl (C=O) groups excluding carboxylic acids is 1. The van der Waals surface area contributed by atoms with E-state index in [0.717, 1.165) is 11.1 Å². The number of benzene rings is 3. The van der Waals surface area contributed by atoms with Crippen LogP contribution in [0.2, 0.25) is 5.02 Å². The minimum Gasteiger partial charge on any atom is -0.454 e. The number of thioether (sulfide) groups is 1. The van der Waals surface area contributed by atoms with Gasteiger partial charge in [0.2, 0.25) is 12.7 Å². The van der Waals surface area contributed by atoms with Gasteiger partial charge in [-0.1, -0.05) is 59.8 Å². The van der Waals surface area contributed by atoms with Gasteiger partial charge in [-0.15, -0.1) is 0 Å². The Morgan fingerprint density at radius 1 is 1.09 bits per heavy atom. The summed E-state index contributed by atoms with van der Waals surface area (Å²) < 4.78 is 12.3. The van der Waals surface area contributed by atoms with Gasteiger partial charge in [0.1, 0.15) is 0 Å². The lowest BCUT2D eigenvalue weighted by atomic mass is 10.2. The second-order valence-corrected chi connectivity index (χ2v) is 9.84. The number of nitrogens with one attached hydrogen (secondary N) is 1. The van der Waals surface area contributed by atoms with Crippen molar-refractivity contribution in [2.45, 2.75) is 30.4 Å². The predicted octanol–water partition coefficient (Wildman–Crippen LogP) is 4.62. The molecule has 35 heavy (non-hydrogen) atoms. The van der Waals surface area contributed by atoms with E-state index in [4.69, 9.17) is 26.1 Å². The van der Waals surface area contributed by atoms with Crippen LogP contribution in [-0.4, -0.2) is 27.5 Å². The van der Waals surface area contributed by atoms with Crippen LogP contribution >= 0.6 is 23.4 Å². The number of carbonyl (C=O) groups is 1. The van der Waals surface area contributed by atoms with E-state index in [2.05, 4.69) is 5.32 Å². The third-order valence-electron chi connectivity index (χ3n) is 5.62. The molecule has 1 aromatic heterocycles. The number of rotatable bonds is 7. The Morgan fingerprint density at radius 2 is 1.89 bits per heavy atom. The first-order valence-corrected chi connectivity index (χ1v) is 12.3. The number of ether oxygens (including phenoxy) is 2. The van der Waals surface area contributed by atoms with E-state index in [0.29, 0.717) is 45.7 Å². The number of fused-ring (bicyclic) bond motifs is 2. The molecule has 5 rings (SSSR count). The summed E-state index contributed by atoms with van der Waals surface area (Å²) in [7, 11) is 0. The van der Waals surface area contributed by atoms with Gasteiger partial charge in [0, 0.05) is 11.6 Å². The zero-order valence-electron chi connectivity index (χ0n) is 18.9. The minimum absolute atomic E-state index is 0.167. The Hall–Kier alpha value is -3.49. The quantitative estimate of drug-likeness (QED) is 0.290. The van der Waals surface area contributed by atoms with Crippen LogP contribution in [0, 0.1) is 0 Å². The van der Waals surface area contributed by atoms with E-state index < -0.39 is 5.25 Å². The van der Waals surface area contributed by atoms with Crippen LogP contribution in [0.1, 0.15) is 18.1 Å². The van der Waals surface area contributed by atoms with E-state index >= 15 is 0 Å². The van der Waals surface area contributed by atoms with E-state index in [9.17, 15) is 9.59 Å². The summed E-state index contributed by atoms with van der Waals surface area (Å²) >= 11 is 7.39. The molecule has 0 spiro atoms. The maximum Gasteiger partial charge on any atom is 0.262 e. The van der Waals surface area contributed by atoms with Crippen LogP contribution in [-0.2, 0) is 17.9 Å². The monoisotopic (exact) mass is 507 g/mol. The van der Waals surface area contributed by atoms with Gasteiger partial charge in [0.25, 0.3) is 5.56 Å². The molecule has 0 saturated carbocycles. The minimum atomic E-state index is -0.491. The molecule has 7 nitrogen and oxygen atoms in total. The normalized spacial score (nSPS) is 13.1. The highest BCUT2D eigenvalue weighted by Crippen LogP contribution is 2.32. The first-order valence-electron chi connectivity index (χ1n) is 11.0. The second kappa shape index (κ2) is 10.0. The van der Waals surface area contributed by atoms with Gasteiger partial charge in [0.15, 0.2) is 16.7 Å². The van der Waals surface area contributed by atoms with Crippen molar-refractivity contribution in [3.8, 4) is 11.5 Å². The molecule has 1 aliphatic heterocycles. The van der Waals surface area contributed by atoms with Gasteiger partial charge in [-0.05, 0) is 48.4 Å². The van der Waals surface area contributed by atoms with Crippen molar-refractivity contribution in [1.29, 1.82) is 0 Å². The number of halogens is 1. The lowest BCUT2D eigenvalue weighted by Gasteiger charge is -2.17. The molecule has 1 atom stereocenters. The number of aromatic nitrogens is 2. The molecule has 1 N–H and O–H groups in total. The number of amides is 1. The molecule has 9 heteroatoms. The average Bonchev–Trinajstić information content (AvgIpc) is 3.33. The van der Waals surface area contributed by atoms with Crippen LogP contribution in [0.15, 0.2) is 76.7 Å². The molecule has 4 aromatic rings. The third-order valence-corrected chi connectivity index (χ3v) is 6.95. The largest absolute Gasteiger partial charge is 0.454 e. The maximum absolute atomic E-state index is 13.4. The molecule has 2 heterocycles. The highest BCUT2D eigenvalue weighted by atomic mass is 35.5. The molecule has 1 amide bonds. The standard InChI is InChI=1S/C26H22ClN3O4S/c1-16(24(31)28-13-18-7-10-22-23(11-18)34-15-33-22)35-26-29-21-12-19(27)8-9-20(21)25(32)30(26)14-17-5-3-2-4-6-17/h2-12,16H,13-15H2,1H3,(H,28,31). The van der Waals surface area contributed by atoms with Crippen molar-refractivity contribution >= 4 is 40.2 Å². The molecule has 3 aromatic carbocycles. The maximum atomic E-state index is 13.4. The van der Waals surface area contributed by atoms with Crippen LogP contribution in [0.4, 0.5) is 0 Å². The summed E-state index contributed by atoms with van der Waals surface area (Å²) in [5, 5.41) is 3.89. The zero-order valence-corrected chi connectivity index (χ0v) is 20.4. The summed E-state index contributed by atoms with van der Waals surface area (Å²) in [4.78, 5) is 31.0. The smallest absolute Gasteiger partial charge is 0.262 e. The third kappa shape index (κ3) is 5.13. The Morgan fingerprint density at radius 3 is 2.71 bits per heavy atom. The Balaban J connectivity index is 1.38. The van der Waals surface area contributed by atoms with E-state index in [1.165, 1.54) is 11.8 Å². The Bertz CT molecular complexity index is 1460. The summed E-state index contributed by atoms with van der Waals surface area (Å²) in [6.45, 7) is 2.69. The highest BCUT2D eigenvalue weighted by molar-refractivity contribution is 8.00. The van der Waals surface area contributed by atoms with Crippen molar-refractivity contribution in [3.63, 3.8) is 0 Å². The van der Waals surface area contributed by atoms with E-state index in [1.54, 1.807) is 29.7 Å². The second-order valence-electron chi connectivity index (χ2n) is 8.10. The van der Waals surface area contributed by atoms with Crippen molar-refractivity contribution in [2.24, 2.45) is 0 Å². The fourth-order valence-electron chi connectivity index (χ4n) is 3.76. The summed E-state index contributed by atoms with van der Waals surface area (Å²) in [5.74, 6) is 1.20. The summed E-state index contributed by atoms with van der Waals surface area (Å²) in [5.41, 5.74) is 2.19. The Labute approximate surface area is 211 Å². The lowest BCUT2D eigenvalue weighted by molar-refractivity contribution is -0.120. The van der Waals surface area contributed by atoms with E-state index in [1.807, 2.05) is 48.5 Å². The first kappa shape index (κ1) is 23.3. The topological polar surface area (TPSA) is 82.5 Å². The van der Waals surface area contributed by atoms with Crippen LogP contribution in [0.25, 0.3) is 10.9 Å². The highest BCUT2D eigenvalue weighted by Gasteiger charge is 2.20. The number of hydrogen-bond donors (Lipinski definition) is 1. The van der Waals surface area contributed by atoms with Crippen molar-refractivity contribution in [2.75, 3.05) is 6.79 Å². The van der Waals surface area contributed by atoms with Crippen LogP contribution < -0.4 is 20.3 Å². The van der Waals surface area contributed by atoms with Gasteiger partial charge in [-0.2, -0.15) is 0 Å². The number of hydrogen-bond acceptors (Lipinski definition) is 6. The molecule has 0 aliphatic carbocycles. The first-order chi connectivity index (χ1) is 17.0. The molecule has 0 saturated heterocycles. The molecule has 178 valence electrons.